The van der Waals surface area contributed by atoms with Gasteiger partial charge in [-0.05, 0) is 30.1 Å². The fourth-order valence-corrected chi connectivity index (χ4v) is 5.77. The Hall–Kier alpha value is -1.66. The average Bonchev–Trinajstić information content (AvgIpc) is 3.29. The molecule has 134 valence electrons. The third kappa shape index (κ3) is 1.59. The normalized spacial score (nSPS) is 52.4. The molecule has 5 aliphatic rings. The molecule has 0 radical (unpaired) electrons. The van der Waals surface area contributed by atoms with Gasteiger partial charge in [0.25, 0.3) is 0 Å². The molecular weight excluding hydrogens is 324 g/mol. The summed E-state index contributed by atoms with van der Waals surface area (Å²) in [5, 5.41) is 10.7. The first kappa shape index (κ1) is 15.6. The average molecular weight is 346 g/mol. The summed E-state index contributed by atoms with van der Waals surface area (Å²) in [4.78, 5) is 24.9. The van der Waals surface area contributed by atoms with Gasteiger partial charge in [0.05, 0.1) is 12.2 Å². The van der Waals surface area contributed by atoms with E-state index in [-0.39, 0.29) is 36.0 Å². The van der Waals surface area contributed by atoms with Crippen molar-refractivity contribution in [3.8, 4) is 0 Å². The summed E-state index contributed by atoms with van der Waals surface area (Å²) < 4.78 is 17.1. The smallest absolute Gasteiger partial charge is 0.331 e. The van der Waals surface area contributed by atoms with E-state index < -0.39 is 29.1 Å². The van der Waals surface area contributed by atoms with Crippen LogP contribution in [0.1, 0.15) is 27.7 Å². The van der Waals surface area contributed by atoms with Gasteiger partial charge in [-0.3, -0.25) is 4.79 Å². The molecule has 1 N–H and O–H groups in total. The molecule has 0 aromatic rings. The number of hydrogen-bond acceptors (Lipinski definition) is 6. The molecule has 1 saturated carbocycles. The Kier molecular flexibility index (Phi) is 2.71. The quantitative estimate of drug-likeness (QED) is 0.566. The van der Waals surface area contributed by atoms with Crippen LogP contribution in [0.25, 0.3) is 0 Å². The van der Waals surface area contributed by atoms with Crippen LogP contribution >= 0.6 is 0 Å². The van der Waals surface area contributed by atoms with Crippen LogP contribution in [-0.4, -0.2) is 47.6 Å². The third-order valence-electron chi connectivity index (χ3n) is 7.00. The largest absolute Gasteiger partial charge is 0.457 e. The van der Waals surface area contributed by atoms with Gasteiger partial charge in [-0.1, -0.05) is 20.8 Å². The minimum absolute atomic E-state index is 0.104. The van der Waals surface area contributed by atoms with E-state index in [1.807, 2.05) is 26.8 Å². The molecule has 2 aliphatic carbocycles. The summed E-state index contributed by atoms with van der Waals surface area (Å²) in [5.74, 6) is -0.909. The summed E-state index contributed by atoms with van der Waals surface area (Å²) in [7, 11) is 0. The van der Waals surface area contributed by atoms with Crippen molar-refractivity contribution in [2.24, 2.45) is 22.7 Å². The van der Waals surface area contributed by atoms with Crippen molar-refractivity contribution in [3.63, 3.8) is 0 Å². The Morgan fingerprint density at radius 1 is 1.16 bits per heavy atom. The summed E-state index contributed by atoms with van der Waals surface area (Å²) in [6, 6.07) is 0. The highest BCUT2D eigenvalue weighted by Gasteiger charge is 2.78. The molecule has 0 spiro atoms. The Bertz CT molecular complexity index is 766. The third-order valence-corrected chi connectivity index (χ3v) is 7.00. The number of aliphatic hydroxyl groups is 1. The van der Waals surface area contributed by atoms with Gasteiger partial charge in [-0.25, -0.2) is 4.79 Å². The topological polar surface area (TPSA) is 85.4 Å². The van der Waals surface area contributed by atoms with Gasteiger partial charge in [-0.15, -0.1) is 0 Å². The first-order chi connectivity index (χ1) is 11.7. The molecule has 0 amide bonds. The molecule has 0 bridgehead atoms. The summed E-state index contributed by atoms with van der Waals surface area (Å²) in [6.07, 6.45) is 1.17. The van der Waals surface area contributed by atoms with Gasteiger partial charge in [0, 0.05) is 17.4 Å². The standard InChI is InChI=1S/C19H22O6/c1-7(2)12-8-5-10-14-18(3,9(8)6-11(20)24-12)16-13(25-16)15(21)19(14,4)17(22)23-10/h5-7,10,12-16,21H,1-4H3/t10-,12+,13-,14-,15+,16-,18-,19-/m1/s1. The van der Waals surface area contributed by atoms with Gasteiger partial charge in [0.15, 0.2) is 0 Å². The summed E-state index contributed by atoms with van der Waals surface area (Å²) in [5.41, 5.74) is 0.203. The van der Waals surface area contributed by atoms with Crippen molar-refractivity contribution in [1.82, 2.24) is 0 Å². The van der Waals surface area contributed by atoms with Crippen LogP contribution in [0.2, 0.25) is 0 Å². The minimum atomic E-state index is -1.03. The Labute approximate surface area is 145 Å². The van der Waals surface area contributed by atoms with Gasteiger partial charge < -0.3 is 19.3 Å². The number of hydrogen-bond donors (Lipinski definition) is 1. The molecule has 0 aromatic carbocycles. The zero-order valence-electron chi connectivity index (χ0n) is 14.7. The number of cyclic esters (lactones) is 1. The van der Waals surface area contributed by atoms with Crippen LogP contribution in [0, 0.1) is 22.7 Å². The second-order valence-corrected chi connectivity index (χ2v) is 8.66. The predicted octanol–water partition coefficient (Wildman–Crippen LogP) is 1.13. The number of esters is 2. The number of carbonyl (C=O) groups is 2. The SMILES string of the molecule is CC(C)[C@@H]1OC(=O)C=C2C1=C[C@H]1OC(=O)[C@]3(C)[C@H]1[C@]2(C)[C@@H]1O[C@@H]1[C@@H]3O. The second-order valence-electron chi connectivity index (χ2n) is 8.66. The van der Waals surface area contributed by atoms with Crippen molar-refractivity contribution in [1.29, 1.82) is 0 Å². The van der Waals surface area contributed by atoms with Crippen LogP contribution in [-0.2, 0) is 23.8 Å². The van der Waals surface area contributed by atoms with Crippen LogP contribution in [0.4, 0.5) is 0 Å². The van der Waals surface area contributed by atoms with E-state index in [1.165, 1.54) is 0 Å². The first-order valence-electron chi connectivity index (χ1n) is 8.90. The molecule has 3 aliphatic heterocycles. The maximum Gasteiger partial charge on any atom is 0.331 e. The molecule has 2 saturated heterocycles. The maximum atomic E-state index is 12.7. The number of aliphatic hydroxyl groups excluding tert-OH is 1. The molecule has 3 fully saturated rings. The minimum Gasteiger partial charge on any atom is -0.457 e. The number of epoxide rings is 1. The zero-order valence-corrected chi connectivity index (χ0v) is 14.7. The predicted molar refractivity (Wildman–Crippen MR) is 85.1 cm³/mol. The molecular formula is C19H22O6. The molecule has 6 heteroatoms. The molecule has 5 rings (SSSR count). The van der Waals surface area contributed by atoms with Gasteiger partial charge in [-0.2, -0.15) is 0 Å². The van der Waals surface area contributed by atoms with Crippen LogP contribution < -0.4 is 0 Å². The molecule has 8 atom stereocenters. The highest BCUT2D eigenvalue weighted by atomic mass is 16.6. The first-order valence-corrected chi connectivity index (χ1v) is 8.90. The van der Waals surface area contributed by atoms with E-state index in [0.717, 1.165) is 11.1 Å². The van der Waals surface area contributed by atoms with Gasteiger partial charge in [0.2, 0.25) is 0 Å². The zero-order chi connectivity index (χ0) is 17.9. The number of rotatable bonds is 1. The monoisotopic (exact) mass is 346 g/mol. The second kappa shape index (κ2) is 4.35. The Morgan fingerprint density at radius 2 is 1.88 bits per heavy atom. The highest BCUT2D eigenvalue weighted by Crippen LogP contribution is 2.69. The van der Waals surface area contributed by atoms with E-state index in [4.69, 9.17) is 14.2 Å². The van der Waals surface area contributed by atoms with E-state index in [2.05, 4.69) is 0 Å². The molecule has 25 heavy (non-hydrogen) atoms. The van der Waals surface area contributed by atoms with Crippen molar-refractivity contribution in [3.05, 3.63) is 23.3 Å². The maximum absolute atomic E-state index is 12.7. The van der Waals surface area contributed by atoms with Crippen LogP contribution in [0.3, 0.4) is 0 Å². The number of ether oxygens (including phenoxy) is 3. The lowest BCUT2D eigenvalue weighted by Crippen LogP contribution is -2.60. The van der Waals surface area contributed by atoms with Crippen molar-refractivity contribution in [2.45, 2.75) is 58.2 Å². The van der Waals surface area contributed by atoms with E-state index in [9.17, 15) is 14.7 Å². The van der Waals surface area contributed by atoms with E-state index >= 15 is 0 Å². The number of carbonyl (C=O) groups excluding carboxylic acids is 2. The van der Waals surface area contributed by atoms with Crippen molar-refractivity contribution >= 4 is 11.9 Å². The van der Waals surface area contributed by atoms with Crippen LogP contribution in [0.5, 0.6) is 0 Å². The highest BCUT2D eigenvalue weighted by molar-refractivity contribution is 5.88. The van der Waals surface area contributed by atoms with Gasteiger partial charge >= 0.3 is 11.9 Å². The lowest BCUT2D eigenvalue weighted by molar-refractivity contribution is -0.154. The van der Waals surface area contributed by atoms with Crippen LogP contribution in [0.15, 0.2) is 23.3 Å². The molecule has 0 aromatic heterocycles. The van der Waals surface area contributed by atoms with Crippen molar-refractivity contribution in [2.75, 3.05) is 0 Å². The fourth-order valence-electron chi connectivity index (χ4n) is 5.77. The van der Waals surface area contributed by atoms with Crippen molar-refractivity contribution < 1.29 is 28.9 Å². The van der Waals surface area contributed by atoms with Gasteiger partial charge in [0.1, 0.15) is 23.7 Å². The lowest BCUT2D eigenvalue weighted by atomic mass is 9.48. The molecule has 0 unspecified atom stereocenters. The Morgan fingerprint density at radius 3 is 2.56 bits per heavy atom. The molecule has 6 nitrogen and oxygen atoms in total. The van der Waals surface area contributed by atoms with E-state index in [1.54, 1.807) is 13.0 Å². The fraction of sp³-hybridized carbons (Fsp3) is 0.684. The Balaban J connectivity index is 1.75. The lowest BCUT2D eigenvalue weighted by Gasteiger charge is -2.52. The molecule has 3 heterocycles. The number of fused-ring (bicyclic) bond motifs is 4. The van der Waals surface area contributed by atoms with E-state index in [0.29, 0.717) is 0 Å². The summed E-state index contributed by atoms with van der Waals surface area (Å²) in [6.45, 7) is 7.81. The summed E-state index contributed by atoms with van der Waals surface area (Å²) >= 11 is 0.